The molecule has 3 heteroatoms. The van der Waals surface area contributed by atoms with Crippen LogP contribution >= 0.6 is 0 Å². The van der Waals surface area contributed by atoms with E-state index in [-0.39, 0.29) is 0 Å². The summed E-state index contributed by atoms with van der Waals surface area (Å²) in [5.74, 6) is 2.05. The van der Waals surface area contributed by atoms with Gasteiger partial charge in [-0.15, -0.1) is 0 Å². The molecule has 1 aromatic heterocycles. The summed E-state index contributed by atoms with van der Waals surface area (Å²) in [6, 6.07) is 2.03. The molecule has 0 amide bonds. The Morgan fingerprint density at radius 2 is 2.07 bits per heavy atom. The average molecular weight is 196 g/mol. The van der Waals surface area contributed by atoms with Crippen LogP contribution in [0.3, 0.4) is 0 Å². The Morgan fingerprint density at radius 3 is 2.57 bits per heavy atom. The number of hydrogen-bond acceptors (Lipinski definition) is 3. The van der Waals surface area contributed by atoms with Gasteiger partial charge in [0.25, 0.3) is 0 Å². The van der Waals surface area contributed by atoms with E-state index < -0.39 is 0 Å². The van der Waals surface area contributed by atoms with Crippen molar-refractivity contribution in [2.75, 3.05) is 6.54 Å². The van der Waals surface area contributed by atoms with Crippen molar-refractivity contribution in [1.29, 1.82) is 0 Å². The molecule has 1 heterocycles. The van der Waals surface area contributed by atoms with Crippen LogP contribution in [0.1, 0.15) is 45.1 Å². The molecular weight excluding hydrogens is 176 g/mol. The summed E-state index contributed by atoms with van der Waals surface area (Å²) in [4.78, 5) is 0. The minimum atomic E-state index is 0.418. The Morgan fingerprint density at radius 1 is 1.36 bits per heavy atom. The number of nitrogens with one attached hydrogen (secondary N) is 1. The SMILES string of the molecule is CC(C)CNCc1cc(C(C)C)on1. The molecule has 0 aliphatic carbocycles. The first kappa shape index (κ1) is 11.2. The maximum Gasteiger partial charge on any atom is 0.139 e. The van der Waals surface area contributed by atoms with E-state index in [1.54, 1.807) is 0 Å². The molecule has 0 atom stereocenters. The average Bonchev–Trinajstić information content (AvgIpc) is 2.52. The van der Waals surface area contributed by atoms with Gasteiger partial charge in [0.05, 0.1) is 5.69 Å². The van der Waals surface area contributed by atoms with Crippen LogP contribution in [0, 0.1) is 5.92 Å². The van der Waals surface area contributed by atoms with Crippen LogP contribution in [0.2, 0.25) is 0 Å². The zero-order valence-electron chi connectivity index (χ0n) is 9.50. The van der Waals surface area contributed by atoms with Gasteiger partial charge in [-0.25, -0.2) is 0 Å². The molecule has 0 unspecified atom stereocenters. The van der Waals surface area contributed by atoms with E-state index in [9.17, 15) is 0 Å². The highest BCUT2D eigenvalue weighted by molar-refractivity contribution is 5.08. The summed E-state index contributed by atoms with van der Waals surface area (Å²) in [5.41, 5.74) is 0.995. The van der Waals surface area contributed by atoms with Crippen LogP contribution < -0.4 is 5.32 Å². The van der Waals surface area contributed by atoms with Crippen LogP contribution in [0.25, 0.3) is 0 Å². The fourth-order valence-electron chi connectivity index (χ4n) is 1.17. The molecule has 1 rings (SSSR count). The van der Waals surface area contributed by atoms with Crippen molar-refractivity contribution in [3.63, 3.8) is 0 Å². The molecule has 0 bridgehead atoms. The summed E-state index contributed by atoms with van der Waals surface area (Å²) < 4.78 is 5.19. The minimum Gasteiger partial charge on any atom is -0.361 e. The lowest BCUT2D eigenvalue weighted by Gasteiger charge is -2.04. The Bertz CT molecular complexity index is 266. The van der Waals surface area contributed by atoms with Crippen LogP contribution in [0.5, 0.6) is 0 Å². The Balaban J connectivity index is 2.36. The Labute approximate surface area is 85.9 Å². The highest BCUT2D eigenvalue weighted by Crippen LogP contribution is 2.14. The van der Waals surface area contributed by atoms with Crippen molar-refractivity contribution in [3.05, 3.63) is 17.5 Å². The molecule has 14 heavy (non-hydrogen) atoms. The number of nitrogens with zero attached hydrogens (tertiary/aromatic N) is 1. The van der Waals surface area contributed by atoms with Crippen LogP contribution in [-0.4, -0.2) is 11.7 Å². The predicted octanol–water partition coefficient (Wildman–Crippen LogP) is 2.54. The van der Waals surface area contributed by atoms with Gasteiger partial charge in [0.1, 0.15) is 5.76 Å². The van der Waals surface area contributed by atoms with Gasteiger partial charge in [-0.05, 0) is 12.5 Å². The van der Waals surface area contributed by atoms with Crippen molar-refractivity contribution in [3.8, 4) is 0 Å². The monoisotopic (exact) mass is 196 g/mol. The van der Waals surface area contributed by atoms with E-state index in [0.29, 0.717) is 11.8 Å². The summed E-state index contributed by atoms with van der Waals surface area (Å²) in [6.07, 6.45) is 0. The summed E-state index contributed by atoms with van der Waals surface area (Å²) in [6.45, 7) is 10.4. The van der Waals surface area contributed by atoms with Gasteiger partial charge < -0.3 is 9.84 Å². The van der Waals surface area contributed by atoms with Gasteiger partial charge >= 0.3 is 0 Å². The largest absolute Gasteiger partial charge is 0.361 e. The fraction of sp³-hybridized carbons (Fsp3) is 0.727. The van der Waals surface area contributed by atoms with Crippen molar-refractivity contribution in [1.82, 2.24) is 10.5 Å². The molecule has 0 spiro atoms. The molecule has 0 aliphatic rings. The smallest absolute Gasteiger partial charge is 0.139 e. The summed E-state index contributed by atoms with van der Waals surface area (Å²) in [7, 11) is 0. The lowest BCUT2D eigenvalue weighted by molar-refractivity contribution is 0.363. The molecule has 0 fully saturated rings. The second-order valence-corrected chi connectivity index (χ2v) is 4.40. The van der Waals surface area contributed by atoms with Crippen LogP contribution in [-0.2, 0) is 6.54 Å². The van der Waals surface area contributed by atoms with Gasteiger partial charge in [0, 0.05) is 18.5 Å². The molecule has 80 valence electrons. The van der Waals surface area contributed by atoms with Crippen molar-refractivity contribution in [2.24, 2.45) is 5.92 Å². The second kappa shape index (κ2) is 5.15. The summed E-state index contributed by atoms with van der Waals surface area (Å²) in [5, 5.41) is 7.33. The van der Waals surface area contributed by atoms with Gasteiger partial charge in [-0.3, -0.25) is 0 Å². The highest BCUT2D eigenvalue weighted by Gasteiger charge is 2.07. The maximum atomic E-state index is 5.19. The van der Waals surface area contributed by atoms with Gasteiger partial charge in [-0.1, -0.05) is 32.9 Å². The molecule has 0 aliphatic heterocycles. The molecule has 0 saturated carbocycles. The van der Waals surface area contributed by atoms with Crippen molar-refractivity contribution >= 4 is 0 Å². The lowest BCUT2D eigenvalue weighted by atomic mass is 10.1. The molecule has 0 radical (unpaired) electrons. The zero-order chi connectivity index (χ0) is 10.6. The topological polar surface area (TPSA) is 38.1 Å². The molecule has 1 N–H and O–H groups in total. The Hall–Kier alpha value is -0.830. The second-order valence-electron chi connectivity index (χ2n) is 4.40. The van der Waals surface area contributed by atoms with Crippen molar-refractivity contribution in [2.45, 2.75) is 40.2 Å². The van der Waals surface area contributed by atoms with Gasteiger partial charge in [-0.2, -0.15) is 0 Å². The van der Waals surface area contributed by atoms with E-state index in [0.717, 1.165) is 24.5 Å². The standard InChI is InChI=1S/C11H20N2O/c1-8(2)6-12-7-10-5-11(9(3)4)14-13-10/h5,8-9,12H,6-7H2,1-4H3. The quantitative estimate of drug-likeness (QED) is 0.786. The first-order valence-electron chi connectivity index (χ1n) is 5.25. The van der Waals surface area contributed by atoms with E-state index >= 15 is 0 Å². The van der Waals surface area contributed by atoms with Gasteiger partial charge in [0.2, 0.25) is 0 Å². The minimum absolute atomic E-state index is 0.418. The number of hydrogen-bond donors (Lipinski definition) is 1. The number of rotatable bonds is 5. The van der Waals surface area contributed by atoms with E-state index in [4.69, 9.17) is 4.52 Å². The highest BCUT2D eigenvalue weighted by atomic mass is 16.5. The predicted molar refractivity (Wildman–Crippen MR) is 57.1 cm³/mol. The summed E-state index contributed by atoms with van der Waals surface area (Å²) >= 11 is 0. The normalized spacial score (nSPS) is 11.6. The molecule has 1 aromatic rings. The first-order chi connectivity index (χ1) is 6.59. The first-order valence-corrected chi connectivity index (χ1v) is 5.25. The third-order valence-electron chi connectivity index (χ3n) is 2.00. The Kier molecular flexibility index (Phi) is 4.14. The maximum absolute atomic E-state index is 5.19. The molecule has 0 saturated heterocycles. The molecule has 0 aromatic carbocycles. The van der Waals surface area contributed by atoms with Crippen LogP contribution in [0.15, 0.2) is 10.6 Å². The van der Waals surface area contributed by atoms with E-state index in [2.05, 4.69) is 38.2 Å². The van der Waals surface area contributed by atoms with Gasteiger partial charge in [0.15, 0.2) is 0 Å². The lowest BCUT2D eigenvalue weighted by Crippen LogP contribution is -2.19. The third kappa shape index (κ3) is 3.50. The molecular formula is C11H20N2O. The number of aromatic nitrogens is 1. The van der Waals surface area contributed by atoms with Crippen LogP contribution in [0.4, 0.5) is 0 Å². The van der Waals surface area contributed by atoms with Crippen molar-refractivity contribution < 1.29 is 4.52 Å². The zero-order valence-corrected chi connectivity index (χ0v) is 9.50. The van der Waals surface area contributed by atoms with E-state index in [1.165, 1.54) is 0 Å². The third-order valence-corrected chi connectivity index (χ3v) is 2.00. The molecule has 3 nitrogen and oxygen atoms in total. The fourth-order valence-corrected chi connectivity index (χ4v) is 1.17. The van der Waals surface area contributed by atoms with E-state index in [1.807, 2.05) is 6.07 Å².